The van der Waals surface area contributed by atoms with Gasteiger partial charge in [0.25, 0.3) is 6.43 Å². The van der Waals surface area contributed by atoms with Gasteiger partial charge in [0.1, 0.15) is 0 Å². The number of carboxylic acids is 1. The van der Waals surface area contributed by atoms with E-state index < -0.39 is 18.6 Å². The fraction of sp³-hybridized carbons (Fsp3) is 0.500. The zero-order valence-corrected chi connectivity index (χ0v) is 30.5. The highest BCUT2D eigenvalue weighted by Gasteiger charge is 2.45. The standard InChI is InChI=1S/C38H43F3N10O3/c1-23(52)49-15-10-32-29(21-49)37(50-11-3-4-25-16-27(26-18-42-46(2)20-26)28(36(40)41)17-34(25)50)45-51(32)33-9-12-47(22-30(33)39)19-24-7-13-48(14-8-24)35-6-5-31(38(53)54)43-44-35/h5-6,16-18,20,24,30,36H,3-4,7-15,19,21-22H2,1-2H3/p+1/b51-33+/t30-/m1/s1. The van der Waals surface area contributed by atoms with Gasteiger partial charge in [-0.2, -0.15) is 5.10 Å². The SMILES string of the molecule is CC(=O)N1CCC2=C(C1)C(N1CCCc3cc(-c4cnn(C)c4)c(C(F)F)cc31)=N/[N+]2=C1\CCN(CC2CCN(c3ccc(C(=O)O)nn3)CC2)C[C@H]1F. The van der Waals surface area contributed by atoms with Crippen LogP contribution in [-0.4, -0.2) is 122 Å². The zero-order valence-electron chi connectivity index (χ0n) is 30.5. The first kappa shape index (κ1) is 35.9. The highest BCUT2D eigenvalue weighted by atomic mass is 19.3. The molecule has 54 heavy (non-hydrogen) atoms. The van der Waals surface area contributed by atoms with Gasteiger partial charge in [-0.25, -0.2) is 18.0 Å². The Labute approximate surface area is 311 Å². The van der Waals surface area contributed by atoms with Crippen molar-refractivity contribution >= 4 is 34.9 Å². The molecule has 1 amide bonds. The highest BCUT2D eigenvalue weighted by molar-refractivity contribution is 6.12. The molecule has 5 aliphatic heterocycles. The number of amides is 1. The molecule has 16 heteroatoms. The second kappa shape index (κ2) is 14.6. The molecular formula is C38H44F3N10O3+. The number of carboxylic acid groups (broad SMARTS) is 1. The van der Waals surface area contributed by atoms with Crippen molar-refractivity contribution in [2.24, 2.45) is 18.1 Å². The monoisotopic (exact) mass is 745 g/mol. The van der Waals surface area contributed by atoms with E-state index in [4.69, 9.17) is 10.2 Å². The van der Waals surface area contributed by atoms with E-state index in [0.29, 0.717) is 79.1 Å². The number of aromatic nitrogens is 4. The van der Waals surface area contributed by atoms with E-state index in [-0.39, 0.29) is 23.7 Å². The van der Waals surface area contributed by atoms with Crippen LogP contribution < -0.4 is 9.80 Å². The lowest BCUT2D eigenvalue weighted by Gasteiger charge is -2.36. The Morgan fingerprint density at radius 3 is 2.52 bits per heavy atom. The average molecular weight is 746 g/mol. The number of rotatable bonds is 6. The maximum absolute atomic E-state index is 16.4. The molecule has 0 radical (unpaired) electrons. The summed E-state index contributed by atoms with van der Waals surface area (Å²) in [5.74, 6) is 0.479. The first-order chi connectivity index (χ1) is 26.0. The molecule has 1 N–H and O–H groups in total. The predicted octanol–water partition coefficient (Wildman–Crippen LogP) is 4.51. The zero-order chi connectivity index (χ0) is 37.7. The van der Waals surface area contributed by atoms with E-state index in [9.17, 15) is 18.4 Å². The Hall–Kier alpha value is -5.12. The normalized spacial score (nSPS) is 22.5. The van der Waals surface area contributed by atoms with E-state index in [2.05, 4.69) is 25.1 Å². The summed E-state index contributed by atoms with van der Waals surface area (Å²) in [7, 11) is 1.76. The predicted molar refractivity (Wildman–Crippen MR) is 196 cm³/mol. The van der Waals surface area contributed by atoms with Crippen molar-refractivity contribution in [3.05, 3.63) is 64.8 Å². The molecule has 2 fully saturated rings. The Kier molecular flexibility index (Phi) is 9.71. The molecule has 0 unspecified atom stereocenters. The molecule has 2 saturated heterocycles. The summed E-state index contributed by atoms with van der Waals surface area (Å²) in [6.07, 6.45) is 3.72. The summed E-state index contributed by atoms with van der Waals surface area (Å²) in [5.41, 5.74) is 4.86. The van der Waals surface area contributed by atoms with Crippen molar-refractivity contribution < 1.29 is 32.6 Å². The fourth-order valence-electron chi connectivity index (χ4n) is 8.56. The summed E-state index contributed by atoms with van der Waals surface area (Å²) >= 11 is 0. The molecule has 3 aromatic rings. The van der Waals surface area contributed by atoms with E-state index in [1.807, 2.05) is 11.0 Å². The number of fused-ring (bicyclic) bond motifs is 1. The molecule has 0 spiro atoms. The van der Waals surface area contributed by atoms with Crippen LogP contribution in [0.4, 0.5) is 24.7 Å². The van der Waals surface area contributed by atoms with Crippen LogP contribution in [-0.2, 0) is 18.3 Å². The van der Waals surface area contributed by atoms with E-state index in [1.165, 1.54) is 6.07 Å². The first-order valence-electron chi connectivity index (χ1n) is 18.7. The molecule has 0 bridgehead atoms. The third-order valence-corrected chi connectivity index (χ3v) is 11.4. The van der Waals surface area contributed by atoms with Crippen LogP contribution in [0.15, 0.2) is 53.0 Å². The van der Waals surface area contributed by atoms with Gasteiger partial charge in [0.05, 0.1) is 24.7 Å². The Morgan fingerprint density at radius 2 is 1.85 bits per heavy atom. The minimum absolute atomic E-state index is 0.0568. The van der Waals surface area contributed by atoms with E-state index in [1.54, 1.807) is 52.8 Å². The van der Waals surface area contributed by atoms with Crippen molar-refractivity contribution in [2.45, 2.75) is 58.0 Å². The fourth-order valence-corrected chi connectivity index (χ4v) is 8.56. The van der Waals surface area contributed by atoms with Crippen molar-refractivity contribution in [3.63, 3.8) is 0 Å². The van der Waals surface area contributed by atoms with Crippen LogP contribution in [0.2, 0.25) is 0 Å². The molecule has 13 nitrogen and oxygen atoms in total. The number of carbonyl (C=O) groups excluding carboxylic acids is 1. The Balaban J connectivity index is 1.02. The number of aryl methyl sites for hydroxylation is 2. The number of piperidine rings is 2. The van der Waals surface area contributed by atoms with Gasteiger partial charge in [0.15, 0.2) is 17.7 Å². The minimum Gasteiger partial charge on any atom is -0.476 e. The lowest BCUT2D eigenvalue weighted by molar-refractivity contribution is -0.486. The lowest BCUT2D eigenvalue weighted by Crippen LogP contribution is -2.48. The number of anilines is 2. The van der Waals surface area contributed by atoms with Crippen LogP contribution in [0.5, 0.6) is 0 Å². The van der Waals surface area contributed by atoms with E-state index >= 15 is 4.39 Å². The summed E-state index contributed by atoms with van der Waals surface area (Å²) in [6.45, 7) is 6.16. The summed E-state index contributed by atoms with van der Waals surface area (Å²) in [5, 5.41) is 26.3. The molecular weight excluding hydrogens is 701 g/mol. The van der Waals surface area contributed by atoms with Crippen LogP contribution >= 0.6 is 0 Å². The molecule has 1 atom stereocenters. The number of alkyl halides is 3. The minimum atomic E-state index is -2.71. The van der Waals surface area contributed by atoms with Gasteiger partial charge in [-0.15, -0.1) is 10.2 Å². The average Bonchev–Trinajstić information content (AvgIpc) is 3.77. The molecule has 284 valence electrons. The van der Waals surface area contributed by atoms with Crippen molar-refractivity contribution in [2.75, 3.05) is 62.2 Å². The number of halogens is 3. The van der Waals surface area contributed by atoms with Crippen LogP contribution in [0.25, 0.3) is 11.1 Å². The Morgan fingerprint density at radius 1 is 1.04 bits per heavy atom. The molecule has 0 saturated carbocycles. The molecule has 2 aromatic heterocycles. The summed E-state index contributed by atoms with van der Waals surface area (Å²) in [4.78, 5) is 31.8. The van der Waals surface area contributed by atoms with Crippen molar-refractivity contribution in [1.82, 2.24) is 29.8 Å². The number of hydrogen-bond donors (Lipinski definition) is 1. The number of benzene rings is 1. The van der Waals surface area contributed by atoms with Crippen LogP contribution in [0, 0.1) is 5.92 Å². The number of aromatic carboxylic acids is 1. The number of nitrogens with zero attached hydrogens (tertiary/aromatic N) is 10. The maximum Gasteiger partial charge on any atom is 0.356 e. The smallest absolute Gasteiger partial charge is 0.356 e. The van der Waals surface area contributed by atoms with Crippen molar-refractivity contribution in [1.29, 1.82) is 0 Å². The van der Waals surface area contributed by atoms with Gasteiger partial charge in [0.2, 0.25) is 23.2 Å². The van der Waals surface area contributed by atoms with Crippen molar-refractivity contribution in [3.8, 4) is 11.1 Å². The quantitative estimate of drug-likeness (QED) is 0.363. The highest BCUT2D eigenvalue weighted by Crippen LogP contribution is 2.41. The van der Waals surface area contributed by atoms with Crippen LogP contribution in [0.1, 0.15) is 67.1 Å². The number of hydrogen-bond acceptors (Lipinski definition) is 9. The summed E-state index contributed by atoms with van der Waals surface area (Å²) in [6, 6.07) is 6.58. The van der Waals surface area contributed by atoms with Gasteiger partial charge in [0, 0.05) is 94.3 Å². The van der Waals surface area contributed by atoms with Gasteiger partial charge in [-0.05, 0) is 67.0 Å². The number of carbonyl (C=O) groups is 2. The third-order valence-electron chi connectivity index (χ3n) is 11.4. The number of likely N-dealkylation sites (tertiary alicyclic amines) is 1. The van der Waals surface area contributed by atoms with Crippen LogP contribution in [0.3, 0.4) is 0 Å². The summed E-state index contributed by atoms with van der Waals surface area (Å²) < 4.78 is 49.0. The molecule has 5 aliphatic rings. The Bertz CT molecular complexity index is 2050. The molecule has 0 aliphatic carbocycles. The first-order valence-corrected chi connectivity index (χ1v) is 18.7. The lowest BCUT2D eigenvalue weighted by atomic mass is 9.92. The molecule has 1 aromatic carbocycles. The number of amidine groups is 1. The number of hydrazone groups is 1. The third kappa shape index (κ3) is 6.87. The largest absolute Gasteiger partial charge is 0.476 e. The van der Waals surface area contributed by atoms with Gasteiger partial charge < -0.3 is 19.8 Å². The molecule has 8 rings (SSSR count). The maximum atomic E-state index is 16.4. The molecule has 7 heterocycles. The van der Waals surface area contributed by atoms with Gasteiger partial charge >= 0.3 is 5.97 Å². The topological polar surface area (TPSA) is 126 Å². The second-order valence-electron chi connectivity index (χ2n) is 14.9. The van der Waals surface area contributed by atoms with E-state index in [0.717, 1.165) is 62.2 Å². The van der Waals surface area contributed by atoms with Gasteiger partial charge in [-0.1, -0.05) is 4.68 Å². The second-order valence-corrected chi connectivity index (χ2v) is 14.9. The van der Waals surface area contributed by atoms with Gasteiger partial charge in [-0.3, -0.25) is 14.4 Å².